The van der Waals surface area contributed by atoms with Gasteiger partial charge in [0.15, 0.2) is 5.96 Å². The zero-order valence-electron chi connectivity index (χ0n) is 16.2. The zero-order valence-corrected chi connectivity index (χ0v) is 17.0. The molecule has 1 aliphatic rings. The Hall–Kier alpha value is -1.60. The van der Waals surface area contributed by atoms with Gasteiger partial charge in [0.1, 0.15) is 0 Å². The van der Waals surface area contributed by atoms with Crippen molar-refractivity contribution in [3.63, 3.8) is 0 Å². The third kappa shape index (κ3) is 5.71. The van der Waals surface area contributed by atoms with E-state index in [9.17, 15) is 8.42 Å². The smallest absolute Gasteiger partial charge is 0.214 e. The lowest BCUT2D eigenvalue weighted by atomic mass is 10.1. The highest BCUT2D eigenvalue weighted by Crippen LogP contribution is 2.15. The molecule has 0 amide bonds. The standard InChI is InChI=1S/C19H32N4O2S/c1-4-14-26(24,25)23-12-10-18(11-13-23)22-19(20-3)21-15-17-9-7-6-8-16(17)5-2/h6-9,18H,4-5,10-15H2,1-3H3,(H2,20,21,22). The minimum Gasteiger partial charge on any atom is -0.354 e. The number of aliphatic imine (C=N–C) groups is 1. The van der Waals surface area contributed by atoms with Crippen molar-refractivity contribution >= 4 is 16.0 Å². The van der Waals surface area contributed by atoms with Crippen LogP contribution < -0.4 is 10.6 Å². The number of sulfonamides is 1. The first kappa shape index (κ1) is 20.7. The minimum absolute atomic E-state index is 0.241. The molecule has 0 radical (unpaired) electrons. The van der Waals surface area contributed by atoms with E-state index in [0.29, 0.717) is 19.5 Å². The van der Waals surface area contributed by atoms with Crippen LogP contribution in [0, 0.1) is 0 Å². The molecule has 26 heavy (non-hydrogen) atoms. The molecule has 0 aliphatic carbocycles. The SMILES string of the molecule is CCCS(=O)(=O)N1CCC(NC(=NC)NCc2ccccc2CC)CC1. The maximum Gasteiger partial charge on any atom is 0.214 e. The topological polar surface area (TPSA) is 73.8 Å². The van der Waals surface area contributed by atoms with Gasteiger partial charge < -0.3 is 10.6 Å². The molecule has 7 heteroatoms. The Morgan fingerprint density at radius 3 is 2.42 bits per heavy atom. The Kier molecular flexibility index (Phi) is 7.90. The van der Waals surface area contributed by atoms with Crippen molar-refractivity contribution in [1.82, 2.24) is 14.9 Å². The summed E-state index contributed by atoms with van der Waals surface area (Å²) in [7, 11) is -1.32. The van der Waals surface area contributed by atoms with Crippen LogP contribution in [0.15, 0.2) is 29.3 Å². The molecule has 0 atom stereocenters. The minimum atomic E-state index is -3.09. The van der Waals surface area contributed by atoms with Crippen LogP contribution in [0.2, 0.25) is 0 Å². The van der Waals surface area contributed by atoms with Gasteiger partial charge in [-0.1, -0.05) is 38.1 Å². The molecule has 2 rings (SSSR count). The molecule has 0 saturated carbocycles. The first-order valence-electron chi connectivity index (χ1n) is 9.52. The second-order valence-electron chi connectivity index (χ2n) is 6.68. The van der Waals surface area contributed by atoms with Crippen molar-refractivity contribution in [1.29, 1.82) is 0 Å². The van der Waals surface area contributed by atoms with Gasteiger partial charge >= 0.3 is 0 Å². The van der Waals surface area contributed by atoms with Crippen LogP contribution in [0.3, 0.4) is 0 Å². The molecule has 2 N–H and O–H groups in total. The summed E-state index contributed by atoms with van der Waals surface area (Å²) < 4.78 is 25.9. The van der Waals surface area contributed by atoms with E-state index in [4.69, 9.17) is 0 Å². The second kappa shape index (κ2) is 9.92. The summed E-state index contributed by atoms with van der Waals surface area (Å²) in [6.07, 6.45) is 3.27. The predicted octanol–water partition coefficient (Wildman–Crippen LogP) is 2.12. The van der Waals surface area contributed by atoms with E-state index < -0.39 is 10.0 Å². The van der Waals surface area contributed by atoms with E-state index >= 15 is 0 Å². The first-order chi connectivity index (χ1) is 12.5. The maximum atomic E-state index is 12.2. The van der Waals surface area contributed by atoms with Crippen molar-refractivity contribution in [2.24, 2.45) is 4.99 Å². The summed E-state index contributed by atoms with van der Waals surface area (Å²) in [6.45, 7) is 5.95. The maximum absolute atomic E-state index is 12.2. The fourth-order valence-electron chi connectivity index (χ4n) is 3.31. The van der Waals surface area contributed by atoms with E-state index in [-0.39, 0.29) is 11.8 Å². The number of rotatable bonds is 7. The van der Waals surface area contributed by atoms with E-state index in [2.05, 4.69) is 46.8 Å². The van der Waals surface area contributed by atoms with Crippen molar-refractivity contribution in [3.8, 4) is 0 Å². The average Bonchev–Trinajstić information content (AvgIpc) is 2.65. The van der Waals surface area contributed by atoms with Crippen molar-refractivity contribution in [2.45, 2.75) is 52.1 Å². The molecule has 1 heterocycles. The van der Waals surface area contributed by atoms with E-state index in [1.165, 1.54) is 11.1 Å². The molecule has 1 saturated heterocycles. The van der Waals surface area contributed by atoms with E-state index in [0.717, 1.165) is 31.8 Å². The quantitative estimate of drug-likeness (QED) is 0.561. The molecule has 1 aromatic carbocycles. The zero-order chi connectivity index (χ0) is 19.0. The first-order valence-corrected chi connectivity index (χ1v) is 11.1. The molecule has 1 aromatic rings. The van der Waals surface area contributed by atoms with Gasteiger partial charge in [-0.3, -0.25) is 4.99 Å². The molecule has 0 bridgehead atoms. The third-order valence-electron chi connectivity index (χ3n) is 4.82. The van der Waals surface area contributed by atoms with Crippen molar-refractivity contribution < 1.29 is 8.42 Å². The summed E-state index contributed by atoms with van der Waals surface area (Å²) in [4.78, 5) is 4.31. The third-order valence-corrected chi connectivity index (χ3v) is 6.90. The Morgan fingerprint density at radius 2 is 1.85 bits per heavy atom. The highest BCUT2D eigenvalue weighted by Gasteiger charge is 2.27. The molecule has 1 fully saturated rings. The molecule has 0 unspecified atom stereocenters. The van der Waals surface area contributed by atoms with Gasteiger partial charge in [0, 0.05) is 32.7 Å². The second-order valence-corrected chi connectivity index (χ2v) is 8.77. The largest absolute Gasteiger partial charge is 0.354 e. The van der Waals surface area contributed by atoms with Crippen LogP contribution >= 0.6 is 0 Å². The summed E-state index contributed by atoms with van der Waals surface area (Å²) in [6, 6.07) is 8.65. The molecule has 0 aromatic heterocycles. The summed E-state index contributed by atoms with van der Waals surface area (Å²) in [5.74, 6) is 1.01. The predicted molar refractivity (Wildman–Crippen MR) is 108 cm³/mol. The van der Waals surface area contributed by atoms with E-state index in [1.807, 2.05) is 6.92 Å². The number of benzene rings is 1. The number of nitrogens with one attached hydrogen (secondary N) is 2. The Labute approximate surface area is 158 Å². The number of hydrogen-bond donors (Lipinski definition) is 2. The number of nitrogens with zero attached hydrogens (tertiary/aromatic N) is 2. The highest BCUT2D eigenvalue weighted by molar-refractivity contribution is 7.89. The van der Waals surface area contributed by atoms with Crippen LogP contribution in [0.1, 0.15) is 44.2 Å². The fraction of sp³-hybridized carbons (Fsp3) is 0.632. The van der Waals surface area contributed by atoms with Gasteiger partial charge in [0.25, 0.3) is 0 Å². The average molecular weight is 381 g/mol. The number of hydrogen-bond acceptors (Lipinski definition) is 3. The number of guanidine groups is 1. The molecule has 6 nitrogen and oxygen atoms in total. The van der Waals surface area contributed by atoms with Crippen LogP contribution in [0.5, 0.6) is 0 Å². The molecular weight excluding hydrogens is 348 g/mol. The van der Waals surface area contributed by atoms with Crippen LogP contribution in [-0.4, -0.2) is 50.6 Å². The van der Waals surface area contributed by atoms with E-state index in [1.54, 1.807) is 11.4 Å². The highest BCUT2D eigenvalue weighted by atomic mass is 32.2. The molecule has 146 valence electrons. The van der Waals surface area contributed by atoms with Crippen LogP contribution in [0.4, 0.5) is 0 Å². The molecule has 0 spiro atoms. The lowest BCUT2D eigenvalue weighted by Crippen LogP contribution is -2.49. The van der Waals surface area contributed by atoms with Gasteiger partial charge in [-0.2, -0.15) is 0 Å². The summed E-state index contributed by atoms with van der Waals surface area (Å²) in [5, 5.41) is 6.81. The van der Waals surface area contributed by atoms with Crippen molar-refractivity contribution in [3.05, 3.63) is 35.4 Å². The van der Waals surface area contributed by atoms with Crippen LogP contribution in [0.25, 0.3) is 0 Å². The van der Waals surface area contributed by atoms with Crippen molar-refractivity contribution in [2.75, 3.05) is 25.9 Å². The van der Waals surface area contributed by atoms with Gasteiger partial charge in [-0.15, -0.1) is 0 Å². The Balaban J connectivity index is 1.84. The molecule has 1 aliphatic heterocycles. The van der Waals surface area contributed by atoms with Gasteiger partial charge in [-0.05, 0) is 36.8 Å². The van der Waals surface area contributed by atoms with Gasteiger partial charge in [0.05, 0.1) is 5.75 Å². The fourth-order valence-corrected chi connectivity index (χ4v) is 4.85. The number of piperidine rings is 1. The summed E-state index contributed by atoms with van der Waals surface area (Å²) in [5.41, 5.74) is 2.61. The van der Waals surface area contributed by atoms with Crippen LogP contribution in [-0.2, 0) is 23.0 Å². The lowest BCUT2D eigenvalue weighted by Gasteiger charge is -2.32. The number of aryl methyl sites for hydroxylation is 1. The monoisotopic (exact) mass is 380 g/mol. The molecular formula is C19H32N4O2S. The van der Waals surface area contributed by atoms with Gasteiger partial charge in [0.2, 0.25) is 10.0 Å². The van der Waals surface area contributed by atoms with Gasteiger partial charge in [-0.25, -0.2) is 12.7 Å². The lowest BCUT2D eigenvalue weighted by molar-refractivity contribution is 0.306. The Morgan fingerprint density at radius 1 is 1.19 bits per heavy atom. The summed E-state index contributed by atoms with van der Waals surface area (Å²) >= 11 is 0. The normalized spacial score (nSPS) is 17.3. The Bertz CT molecular complexity index is 695.